The summed E-state index contributed by atoms with van der Waals surface area (Å²) in [7, 11) is -3.59. The third kappa shape index (κ3) is 3.11. The number of para-hydroxylation sites is 1. The number of nitrogens with one attached hydrogen (secondary N) is 1. The Morgan fingerprint density at radius 2 is 1.88 bits per heavy atom. The highest BCUT2D eigenvalue weighted by Gasteiger charge is 2.33. The minimum atomic E-state index is -3.59. The standard InChI is InChI=1S/C17H16Cl2N2O2S2/c18-16-9-15(17(19)24-16)25(22,23)21-7-5-11(6-8-21)13-10-20-14-4-2-1-3-12(13)14/h1-4,9-11,20H,5-8H2. The van der Waals surface area contributed by atoms with Crippen molar-refractivity contribution in [1.29, 1.82) is 0 Å². The molecule has 1 aliphatic rings. The number of aromatic nitrogens is 1. The van der Waals surface area contributed by atoms with E-state index in [9.17, 15) is 8.42 Å². The molecule has 0 saturated carbocycles. The summed E-state index contributed by atoms with van der Waals surface area (Å²) in [5.41, 5.74) is 2.39. The number of thiophene rings is 1. The fourth-order valence-electron chi connectivity index (χ4n) is 3.48. The van der Waals surface area contributed by atoms with E-state index in [1.807, 2.05) is 12.1 Å². The molecule has 132 valence electrons. The van der Waals surface area contributed by atoms with Crippen LogP contribution in [-0.2, 0) is 10.0 Å². The van der Waals surface area contributed by atoms with Crippen LogP contribution in [-0.4, -0.2) is 30.8 Å². The van der Waals surface area contributed by atoms with Crippen molar-refractivity contribution >= 4 is 55.5 Å². The average molecular weight is 415 g/mol. The fourth-order valence-corrected chi connectivity index (χ4v) is 7.06. The largest absolute Gasteiger partial charge is 0.361 e. The van der Waals surface area contributed by atoms with E-state index in [4.69, 9.17) is 23.2 Å². The molecule has 0 amide bonds. The Balaban J connectivity index is 1.54. The molecule has 1 fully saturated rings. The number of nitrogens with zero attached hydrogens (tertiary/aromatic N) is 1. The summed E-state index contributed by atoms with van der Waals surface area (Å²) < 4.78 is 27.7. The van der Waals surface area contributed by atoms with Gasteiger partial charge in [0.1, 0.15) is 9.23 Å². The first kappa shape index (κ1) is 17.4. The van der Waals surface area contributed by atoms with E-state index < -0.39 is 10.0 Å². The summed E-state index contributed by atoms with van der Waals surface area (Å²) in [6.07, 6.45) is 3.63. The van der Waals surface area contributed by atoms with E-state index in [1.54, 1.807) is 0 Å². The molecule has 4 nitrogen and oxygen atoms in total. The molecule has 1 N–H and O–H groups in total. The maximum absolute atomic E-state index is 12.8. The van der Waals surface area contributed by atoms with Crippen molar-refractivity contribution in [3.8, 4) is 0 Å². The summed E-state index contributed by atoms with van der Waals surface area (Å²) in [4.78, 5) is 3.42. The zero-order chi connectivity index (χ0) is 17.6. The predicted molar refractivity (Wildman–Crippen MR) is 103 cm³/mol. The molecule has 0 bridgehead atoms. The Morgan fingerprint density at radius 3 is 2.56 bits per heavy atom. The van der Waals surface area contributed by atoms with Gasteiger partial charge in [-0.25, -0.2) is 8.42 Å². The molecule has 2 aromatic heterocycles. The number of sulfonamides is 1. The number of hydrogen-bond donors (Lipinski definition) is 1. The molecule has 4 rings (SSSR count). The van der Waals surface area contributed by atoms with Gasteiger partial charge in [-0.3, -0.25) is 0 Å². The quantitative estimate of drug-likeness (QED) is 0.647. The molecule has 1 aromatic carbocycles. The van der Waals surface area contributed by atoms with Crippen LogP contribution >= 0.6 is 34.5 Å². The highest BCUT2D eigenvalue weighted by Crippen LogP contribution is 2.38. The van der Waals surface area contributed by atoms with Crippen LogP contribution in [0.25, 0.3) is 10.9 Å². The van der Waals surface area contributed by atoms with Crippen molar-refractivity contribution in [2.24, 2.45) is 0 Å². The van der Waals surface area contributed by atoms with Crippen LogP contribution in [0.3, 0.4) is 0 Å². The number of rotatable bonds is 3. The number of benzene rings is 1. The van der Waals surface area contributed by atoms with Crippen molar-refractivity contribution in [3.05, 3.63) is 50.8 Å². The molecule has 8 heteroatoms. The van der Waals surface area contributed by atoms with Crippen LogP contribution in [0, 0.1) is 0 Å². The van der Waals surface area contributed by atoms with Gasteiger partial charge in [-0.1, -0.05) is 41.4 Å². The molecule has 0 unspecified atom stereocenters. The van der Waals surface area contributed by atoms with Crippen molar-refractivity contribution in [2.75, 3.05) is 13.1 Å². The number of H-pyrrole nitrogens is 1. The van der Waals surface area contributed by atoms with Gasteiger partial charge in [-0.05, 0) is 36.5 Å². The lowest BCUT2D eigenvalue weighted by molar-refractivity contribution is 0.320. The number of halogens is 2. The van der Waals surface area contributed by atoms with E-state index in [0.717, 1.165) is 29.7 Å². The minimum Gasteiger partial charge on any atom is -0.361 e. The number of piperidine rings is 1. The maximum atomic E-state index is 12.8. The van der Waals surface area contributed by atoms with Crippen molar-refractivity contribution in [1.82, 2.24) is 9.29 Å². The number of aromatic amines is 1. The second-order valence-corrected chi connectivity index (χ2v) is 10.3. The molecule has 0 aliphatic carbocycles. The Kier molecular flexibility index (Phi) is 4.58. The summed E-state index contributed by atoms with van der Waals surface area (Å²) >= 11 is 13.0. The van der Waals surface area contributed by atoms with Crippen molar-refractivity contribution in [3.63, 3.8) is 0 Å². The monoisotopic (exact) mass is 414 g/mol. The van der Waals surface area contributed by atoms with Gasteiger partial charge in [0.05, 0.1) is 4.34 Å². The summed E-state index contributed by atoms with van der Waals surface area (Å²) in [5.74, 6) is 0.351. The molecule has 1 aliphatic heterocycles. The molecule has 25 heavy (non-hydrogen) atoms. The summed E-state index contributed by atoms with van der Waals surface area (Å²) in [5, 5.41) is 1.22. The number of fused-ring (bicyclic) bond motifs is 1. The van der Waals surface area contributed by atoms with Gasteiger partial charge in [0, 0.05) is 30.2 Å². The Bertz CT molecular complexity index is 1020. The zero-order valence-electron chi connectivity index (χ0n) is 13.2. The second-order valence-electron chi connectivity index (χ2n) is 6.16. The van der Waals surface area contributed by atoms with Gasteiger partial charge in [0.15, 0.2) is 0 Å². The van der Waals surface area contributed by atoms with Crippen LogP contribution in [0.2, 0.25) is 8.67 Å². The van der Waals surface area contributed by atoms with E-state index in [2.05, 4.69) is 23.3 Å². The molecule has 0 spiro atoms. The van der Waals surface area contributed by atoms with Gasteiger partial charge in [-0.2, -0.15) is 4.31 Å². The highest BCUT2D eigenvalue weighted by molar-refractivity contribution is 7.89. The molecule has 3 aromatic rings. The van der Waals surface area contributed by atoms with Crippen LogP contribution < -0.4 is 0 Å². The topological polar surface area (TPSA) is 53.2 Å². The van der Waals surface area contributed by atoms with Crippen LogP contribution in [0.1, 0.15) is 24.3 Å². The molecule has 1 saturated heterocycles. The van der Waals surface area contributed by atoms with E-state index in [-0.39, 0.29) is 9.23 Å². The summed E-state index contributed by atoms with van der Waals surface area (Å²) in [6.45, 7) is 0.965. The van der Waals surface area contributed by atoms with Gasteiger partial charge < -0.3 is 4.98 Å². The second kappa shape index (κ2) is 6.59. The minimum absolute atomic E-state index is 0.120. The lowest BCUT2D eigenvalue weighted by Crippen LogP contribution is -2.37. The lowest BCUT2D eigenvalue weighted by Gasteiger charge is -2.31. The van der Waals surface area contributed by atoms with Gasteiger partial charge in [0.25, 0.3) is 0 Å². The highest BCUT2D eigenvalue weighted by atomic mass is 35.5. The number of hydrogen-bond acceptors (Lipinski definition) is 3. The smallest absolute Gasteiger partial charge is 0.245 e. The third-order valence-corrected chi connectivity index (χ3v) is 8.41. The maximum Gasteiger partial charge on any atom is 0.245 e. The molecule has 3 heterocycles. The first-order valence-electron chi connectivity index (χ1n) is 7.98. The Hall–Kier alpha value is -1.05. The lowest BCUT2D eigenvalue weighted by atomic mass is 9.90. The SMILES string of the molecule is O=S(=O)(c1cc(Cl)sc1Cl)N1CCC(c2c[nH]c3ccccc23)CC1. The zero-order valence-corrected chi connectivity index (χ0v) is 16.4. The average Bonchev–Trinajstić information content (AvgIpc) is 3.18. The summed E-state index contributed by atoms with van der Waals surface area (Å²) in [6, 6.07) is 9.64. The molecule has 0 radical (unpaired) electrons. The van der Waals surface area contributed by atoms with Gasteiger partial charge in [-0.15, -0.1) is 11.3 Å². The van der Waals surface area contributed by atoms with Crippen molar-refractivity contribution in [2.45, 2.75) is 23.7 Å². The normalized spacial score (nSPS) is 17.4. The van der Waals surface area contributed by atoms with E-state index in [0.29, 0.717) is 23.3 Å². The van der Waals surface area contributed by atoms with Gasteiger partial charge in [0.2, 0.25) is 10.0 Å². The fraction of sp³-hybridized carbons (Fsp3) is 0.294. The van der Waals surface area contributed by atoms with Crippen LogP contribution in [0.15, 0.2) is 41.4 Å². The predicted octanol–water partition coefficient (Wildman–Crippen LogP) is 5.10. The van der Waals surface area contributed by atoms with E-state index in [1.165, 1.54) is 21.3 Å². The molecule has 0 atom stereocenters. The van der Waals surface area contributed by atoms with E-state index >= 15 is 0 Å². The Labute approximate surface area is 160 Å². The van der Waals surface area contributed by atoms with Crippen LogP contribution in [0.4, 0.5) is 0 Å². The van der Waals surface area contributed by atoms with Gasteiger partial charge >= 0.3 is 0 Å². The van der Waals surface area contributed by atoms with Crippen molar-refractivity contribution < 1.29 is 8.42 Å². The molecular weight excluding hydrogens is 399 g/mol. The first-order chi connectivity index (χ1) is 12.0. The Morgan fingerprint density at radius 1 is 1.16 bits per heavy atom. The first-order valence-corrected chi connectivity index (χ1v) is 11.0. The third-order valence-electron chi connectivity index (χ3n) is 4.76. The van der Waals surface area contributed by atoms with Crippen LogP contribution in [0.5, 0.6) is 0 Å². The molecular formula is C17H16Cl2N2O2S2.